The summed E-state index contributed by atoms with van der Waals surface area (Å²) in [6.45, 7) is 1.61. The number of hydrogen-bond acceptors (Lipinski definition) is 5. The van der Waals surface area contributed by atoms with Gasteiger partial charge in [-0.25, -0.2) is 12.8 Å². The minimum atomic E-state index is -3.71. The zero-order valence-electron chi connectivity index (χ0n) is 20.6. The third-order valence-corrected chi connectivity index (χ3v) is 8.56. The fraction of sp³-hybridized carbons (Fsp3) is 0.481. The molecule has 1 heterocycles. The average molecular weight is 516 g/mol. The zero-order chi connectivity index (χ0) is 25.9. The van der Waals surface area contributed by atoms with Gasteiger partial charge < -0.3 is 16.0 Å². The van der Waals surface area contributed by atoms with E-state index in [0.29, 0.717) is 19.5 Å². The first-order chi connectivity index (χ1) is 17.1. The van der Waals surface area contributed by atoms with Crippen molar-refractivity contribution in [3.63, 3.8) is 0 Å². The van der Waals surface area contributed by atoms with Crippen LogP contribution in [0, 0.1) is 11.7 Å². The van der Waals surface area contributed by atoms with Crippen LogP contribution >= 0.6 is 0 Å². The van der Waals surface area contributed by atoms with E-state index in [9.17, 15) is 22.4 Å². The topological polar surface area (TPSA) is 110 Å². The van der Waals surface area contributed by atoms with Gasteiger partial charge in [0.15, 0.2) is 9.84 Å². The largest absolute Gasteiger partial charge is 0.369 e. The molecule has 1 aliphatic carbocycles. The Hall–Kier alpha value is -2.94. The average Bonchev–Trinajstić information content (AvgIpc) is 3.24. The predicted octanol–water partition coefficient (Wildman–Crippen LogP) is 3.56. The van der Waals surface area contributed by atoms with Crippen molar-refractivity contribution in [2.45, 2.75) is 55.8 Å². The van der Waals surface area contributed by atoms with E-state index >= 15 is 0 Å². The Bertz CT molecular complexity index is 1240. The summed E-state index contributed by atoms with van der Waals surface area (Å²) in [6.07, 6.45) is 7.53. The number of hydrogen-bond donors (Lipinski definition) is 2. The van der Waals surface area contributed by atoms with Gasteiger partial charge in [-0.05, 0) is 60.2 Å². The molecule has 0 radical (unpaired) electrons. The molecule has 1 aliphatic heterocycles. The Morgan fingerprint density at radius 2 is 1.92 bits per heavy atom. The van der Waals surface area contributed by atoms with Gasteiger partial charge in [0.05, 0.1) is 10.8 Å². The lowest BCUT2D eigenvalue weighted by molar-refractivity contribution is -0.123. The van der Waals surface area contributed by atoms with E-state index in [-0.39, 0.29) is 33.7 Å². The second-order valence-corrected chi connectivity index (χ2v) is 11.9. The third kappa shape index (κ3) is 5.88. The fourth-order valence-electron chi connectivity index (χ4n) is 5.66. The van der Waals surface area contributed by atoms with Gasteiger partial charge in [0.2, 0.25) is 11.8 Å². The quantitative estimate of drug-likeness (QED) is 0.531. The zero-order valence-corrected chi connectivity index (χ0v) is 21.5. The minimum absolute atomic E-state index is 0.0229. The first-order valence-corrected chi connectivity index (χ1v) is 14.5. The maximum Gasteiger partial charge on any atom is 0.249 e. The van der Waals surface area contributed by atoms with Crippen LogP contribution in [0.3, 0.4) is 0 Å². The molecule has 2 aromatic rings. The minimum Gasteiger partial charge on any atom is -0.369 e. The molecule has 2 aromatic carbocycles. The van der Waals surface area contributed by atoms with Gasteiger partial charge in [-0.2, -0.15) is 0 Å². The molecular formula is C27H34FN3O4S. The van der Waals surface area contributed by atoms with Gasteiger partial charge >= 0.3 is 0 Å². The van der Waals surface area contributed by atoms with Crippen LogP contribution in [0.1, 0.15) is 65.9 Å². The molecule has 1 saturated carbocycles. The van der Waals surface area contributed by atoms with Crippen LogP contribution < -0.4 is 16.0 Å². The molecule has 7 nitrogen and oxygen atoms in total. The molecule has 36 heavy (non-hydrogen) atoms. The highest BCUT2D eigenvalue weighted by Crippen LogP contribution is 2.37. The number of anilines is 1. The lowest BCUT2D eigenvalue weighted by Gasteiger charge is -2.28. The van der Waals surface area contributed by atoms with Gasteiger partial charge in [0.25, 0.3) is 0 Å². The summed E-state index contributed by atoms with van der Waals surface area (Å²) < 4.78 is 38.9. The molecule has 4 rings (SSSR count). The van der Waals surface area contributed by atoms with Crippen molar-refractivity contribution in [1.29, 1.82) is 0 Å². The van der Waals surface area contributed by atoms with Crippen LogP contribution in [0.25, 0.3) is 0 Å². The second kappa shape index (κ2) is 11.0. The number of nitrogens with one attached hydrogen (secondary N) is 1. The molecule has 1 fully saturated rings. The molecule has 9 heteroatoms. The predicted molar refractivity (Wildman–Crippen MR) is 137 cm³/mol. The van der Waals surface area contributed by atoms with Crippen molar-refractivity contribution >= 4 is 27.3 Å². The Morgan fingerprint density at radius 1 is 1.17 bits per heavy atom. The molecule has 194 valence electrons. The molecule has 3 N–H and O–H groups in total. The number of sulfone groups is 1. The molecule has 0 saturated heterocycles. The van der Waals surface area contributed by atoms with Crippen molar-refractivity contribution in [2.24, 2.45) is 11.7 Å². The number of carbonyl (C=O) groups is 2. The standard InChI is InChI=1S/C27H34FN3O4S/c1-36(34,35)24-9-5-8-21(26(29)32)25(24)22(16-18-6-3-2-4-7-18)27(33)30-13-15-31-14-12-19-17-20(28)10-11-23(19)31/h5,8-11,17-18,22H,2-4,6-7,12-16H2,1H3,(H2,29,32)(H,30,33)/t22-/m0/s1. The Kier molecular flexibility index (Phi) is 7.97. The van der Waals surface area contributed by atoms with E-state index in [1.807, 2.05) is 0 Å². The number of rotatable bonds is 9. The van der Waals surface area contributed by atoms with Crippen LogP contribution in [0.5, 0.6) is 0 Å². The number of nitrogens with zero attached hydrogens (tertiary/aromatic N) is 1. The molecule has 0 unspecified atom stereocenters. The number of nitrogens with two attached hydrogens (primary N) is 1. The molecule has 0 aromatic heterocycles. The maximum absolute atomic E-state index is 13.6. The first kappa shape index (κ1) is 26.1. The van der Waals surface area contributed by atoms with Crippen molar-refractivity contribution in [3.05, 3.63) is 58.9 Å². The number of fused-ring (bicyclic) bond motifs is 1. The molecule has 0 spiro atoms. The summed E-state index contributed by atoms with van der Waals surface area (Å²) >= 11 is 0. The van der Waals surface area contributed by atoms with E-state index in [1.54, 1.807) is 12.1 Å². The Balaban J connectivity index is 1.58. The van der Waals surface area contributed by atoms with E-state index in [0.717, 1.165) is 62.6 Å². The number of benzene rings is 2. The van der Waals surface area contributed by atoms with Gasteiger partial charge in [-0.3, -0.25) is 9.59 Å². The Labute approximate surface area is 212 Å². The Morgan fingerprint density at radius 3 is 2.61 bits per heavy atom. The summed E-state index contributed by atoms with van der Waals surface area (Å²) in [6, 6.07) is 9.16. The van der Waals surface area contributed by atoms with Crippen molar-refractivity contribution in [1.82, 2.24) is 5.32 Å². The third-order valence-electron chi connectivity index (χ3n) is 7.40. The van der Waals surface area contributed by atoms with Crippen molar-refractivity contribution < 1.29 is 22.4 Å². The van der Waals surface area contributed by atoms with Gasteiger partial charge in [0, 0.05) is 37.1 Å². The van der Waals surface area contributed by atoms with Gasteiger partial charge in [-0.15, -0.1) is 0 Å². The van der Waals surface area contributed by atoms with E-state index < -0.39 is 21.7 Å². The molecular weight excluding hydrogens is 481 g/mol. The van der Waals surface area contributed by atoms with E-state index in [4.69, 9.17) is 5.73 Å². The monoisotopic (exact) mass is 515 g/mol. The van der Waals surface area contributed by atoms with Crippen molar-refractivity contribution in [2.75, 3.05) is 30.8 Å². The van der Waals surface area contributed by atoms with Crippen LogP contribution in [-0.2, 0) is 21.1 Å². The van der Waals surface area contributed by atoms with Gasteiger partial charge in [-0.1, -0.05) is 38.2 Å². The lowest BCUT2D eigenvalue weighted by Crippen LogP contribution is -2.38. The van der Waals surface area contributed by atoms with Crippen molar-refractivity contribution in [3.8, 4) is 0 Å². The number of primary amides is 1. The van der Waals surface area contributed by atoms with Crippen LogP contribution in [0.2, 0.25) is 0 Å². The molecule has 2 aliphatic rings. The smallest absolute Gasteiger partial charge is 0.249 e. The summed E-state index contributed by atoms with van der Waals surface area (Å²) in [4.78, 5) is 28.0. The maximum atomic E-state index is 13.6. The first-order valence-electron chi connectivity index (χ1n) is 12.6. The number of carbonyl (C=O) groups excluding carboxylic acids is 2. The SMILES string of the molecule is CS(=O)(=O)c1cccc(C(N)=O)c1[C@H](CC1CCCCC1)C(=O)NCCN1CCc2cc(F)ccc21. The summed E-state index contributed by atoms with van der Waals surface area (Å²) in [5.41, 5.74) is 7.83. The second-order valence-electron chi connectivity index (χ2n) is 9.95. The molecule has 0 bridgehead atoms. The highest BCUT2D eigenvalue weighted by atomic mass is 32.2. The van der Waals surface area contributed by atoms with Gasteiger partial charge in [0.1, 0.15) is 5.82 Å². The highest BCUT2D eigenvalue weighted by molar-refractivity contribution is 7.90. The van der Waals surface area contributed by atoms with E-state index in [1.165, 1.54) is 24.3 Å². The molecule has 2 amide bonds. The van der Waals surface area contributed by atoms with Crippen LogP contribution in [0.4, 0.5) is 10.1 Å². The molecule has 1 atom stereocenters. The van der Waals surface area contributed by atoms with Crippen LogP contribution in [-0.4, -0.2) is 46.1 Å². The summed E-state index contributed by atoms with van der Waals surface area (Å²) in [7, 11) is -3.71. The fourth-order valence-corrected chi connectivity index (χ4v) is 6.64. The van der Waals surface area contributed by atoms with E-state index in [2.05, 4.69) is 10.2 Å². The summed E-state index contributed by atoms with van der Waals surface area (Å²) in [5.74, 6) is -1.86. The van der Waals surface area contributed by atoms with Crippen LogP contribution in [0.15, 0.2) is 41.3 Å². The number of halogens is 1. The highest BCUT2D eigenvalue weighted by Gasteiger charge is 2.33. The normalized spacial score (nSPS) is 17.0. The lowest BCUT2D eigenvalue weighted by atomic mass is 9.79. The summed E-state index contributed by atoms with van der Waals surface area (Å²) in [5, 5.41) is 2.98. The number of amides is 2.